The largest absolute Gasteiger partial charge is 0.497 e. The maximum absolute atomic E-state index is 13.6. The van der Waals surface area contributed by atoms with Crippen molar-refractivity contribution in [3.63, 3.8) is 0 Å². The van der Waals surface area contributed by atoms with Crippen LogP contribution in [0.3, 0.4) is 0 Å². The number of nitriles is 1. The first-order chi connectivity index (χ1) is 22.8. The number of carbonyl (C=O) groups excluding carboxylic acids is 3. The van der Waals surface area contributed by atoms with Crippen LogP contribution in [0, 0.1) is 17.2 Å². The summed E-state index contributed by atoms with van der Waals surface area (Å²) >= 11 is 2.81. The highest BCUT2D eigenvalue weighted by Crippen LogP contribution is 2.39. The molecule has 0 bridgehead atoms. The number of benzene rings is 3. The molecule has 3 amide bonds. The minimum atomic E-state index is -0.549. The molecule has 4 aromatic rings. The summed E-state index contributed by atoms with van der Waals surface area (Å²) in [6.07, 6.45) is 4.37. The van der Waals surface area contributed by atoms with E-state index < -0.39 is 11.8 Å². The van der Waals surface area contributed by atoms with Crippen LogP contribution in [0.15, 0.2) is 83.4 Å². The number of thioether (sulfide) groups is 1. The lowest BCUT2D eigenvalue weighted by Crippen LogP contribution is -2.30. The number of fused-ring (bicyclic) bond motifs is 1. The van der Waals surface area contributed by atoms with Gasteiger partial charge < -0.3 is 25.4 Å². The molecule has 1 atom stereocenters. The second-order valence-corrected chi connectivity index (χ2v) is 13.1. The number of ether oxygens (including phenoxy) is 2. The molecule has 0 aliphatic heterocycles. The van der Waals surface area contributed by atoms with Crippen molar-refractivity contribution in [1.29, 1.82) is 5.26 Å². The van der Waals surface area contributed by atoms with Gasteiger partial charge in [-0.2, -0.15) is 5.26 Å². The lowest BCUT2D eigenvalue weighted by molar-refractivity contribution is -0.114. The molecule has 11 heteroatoms. The molecule has 3 N–H and O–H groups in total. The number of hydrogen-bond acceptors (Lipinski definition) is 8. The molecule has 0 fully saturated rings. The standard InChI is InChI=1S/C36H34N4O5S2/c1-22-12-15-28-29(20-37)36(47-32(28)16-22)40-33(41)21-46-27-11-7-10-25(18-27)38-35(43)30(39-34(42)23-8-5-4-6-9-23)17-24-13-14-26(44-2)19-31(24)45-3/h4-11,13-14,17-19,22H,12,15-16,21H2,1-3H3,(H,38,43)(H,39,42)(H,40,41)/b30-17+. The van der Waals surface area contributed by atoms with E-state index in [0.717, 1.165) is 29.7 Å². The van der Waals surface area contributed by atoms with Crippen molar-refractivity contribution in [1.82, 2.24) is 5.32 Å². The van der Waals surface area contributed by atoms with Crippen LogP contribution >= 0.6 is 23.1 Å². The Balaban J connectivity index is 1.29. The van der Waals surface area contributed by atoms with Crippen molar-refractivity contribution in [2.24, 2.45) is 5.92 Å². The van der Waals surface area contributed by atoms with Gasteiger partial charge in [0.25, 0.3) is 11.8 Å². The number of carbonyl (C=O) groups is 3. The topological polar surface area (TPSA) is 130 Å². The summed E-state index contributed by atoms with van der Waals surface area (Å²) < 4.78 is 10.8. The number of thiophene rings is 1. The van der Waals surface area contributed by atoms with Gasteiger partial charge in [0.15, 0.2) is 0 Å². The van der Waals surface area contributed by atoms with E-state index in [4.69, 9.17) is 9.47 Å². The molecule has 3 aromatic carbocycles. The summed E-state index contributed by atoms with van der Waals surface area (Å²) in [6, 6.07) is 23.1. The van der Waals surface area contributed by atoms with Gasteiger partial charge in [0, 0.05) is 32.7 Å². The number of anilines is 2. The molecular formula is C36H34N4O5S2. The van der Waals surface area contributed by atoms with Crippen LogP contribution in [0.4, 0.5) is 10.7 Å². The second-order valence-electron chi connectivity index (χ2n) is 11.0. The van der Waals surface area contributed by atoms with E-state index in [1.165, 1.54) is 41.2 Å². The molecule has 0 spiro atoms. The van der Waals surface area contributed by atoms with Gasteiger partial charge in [-0.3, -0.25) is 14.4 Å². The Bertz CT molecular complexity index is 1860. The average Bonchev–Trinajstić information content (AvgIpc) is 3.43. The molecule has 1 aliphatic rings. The third-order valence-electron chi connectivity index (χ3n) is 7.61. The molecular weight excluding hydrogens is 633 g/mol. The molecule has 0 saturated heterocycles. The van der Waals surface area contributed by atoms with Crippen molar-refractivity contribution < 1.29 is 23.9 Å². The van der Waals surface area contributed by atoms with E-state index in [0.29, 0.717) is 44.8 Å². The quantitative estimate of drug-likeness (QED) is 0.117. The average molecular weight is 667 g/mol. The number of rotatable bonds is 11. The van der Waals surface area contributed by atoms with Crippen LogP contribution in [-0.2, 0) is 22.4 Å². The maximum Gasteiger partial charge on any atom is 0.272 e. The Labute approximate surface area is 282 Å². The maximum atomic E-state index is 13.6. The Morgan fingerprint density at radius 1 is 1.02 bits per heavy atom. The zero-order valence-corrected chi connectivity index (χ0v) is 27.8. The lowest BCUT2D eigenvalue weighted by Gasteiger charge is -2.17. The number of hydrogen-bond donors (Lipinski definition) is 3. The number of nitrogens with one attached hydrogen (secondary N) is 3. The van der Waals surface area contributed by atoms with Crippen LogP contribution in [-0.4, -0.2) is 37.7 Å². The van der Waals surface area contributed by atoms with Crippen molar-refractivity contribution in [2.75, 3.05) is 30.6 Å². The van der Waals surface area contributed by atoms with Crippen molar-refractivity contribution in [3.8, 4) is 17.6 Å². The number of amides is 3. The minimum Gasteiger partial charge on any atom is -0.497 e. The normalized spacial score (nSPS) is 13.9. The van der Waals surface area contributed by atoms with Gasteiger partial charge in [0.05, 0.1) is 25.5 Å². The Kier molecular flexibility index (Phi) is 11.0. The first kappa shape index (κ1) is 33.3. The lowest BCUT2D eigenvalue weighted by atomic mass is 9.89. The fraction of sp³-hybridized carbons (Fsp3) is 0.222. The third kappa shape index (κ3) is 8.41. The zero-order valence-electron chi connectivity index (χ0n) is 26.2. The van der Waals surface area contributed by atoms with Crippen molar-refractivity contribution in [3.05, 3.63) is 106 Å². The van der Waals surface area contributed by atoms with E-state index in [-0.39, 0.29) is 17.4 Å². The number of nitrogens with zero attached hydrogens (tertiary/aromatic N) is 1. The van der Waals surface area contributed by atoms with Gasteiger partial charge in [-0.05, 0) is 79.3 Å². The molecule has 1 unspecified atom stereocenters. The molecule has 1 aromatic heterocycles. The molecule has 9 nitrogen and oxygen atoms in total. The predicted octanol–water partition coefficient (Wildman–Crippen LogP) is 6.90. The predicted molar refractivity (Wildman–Crippen MR) is 186 cm³/mol. The van der Waals surface area contributed by atoms with Crippen LogP contribution in [0.2, 0.25) is 0 Å². The van der Waals surface area contributed by atoms with E-state index >= 15 is 0 Å². The van der Waals surface area contributed by atoms with Crippen LogP contribution in [0.25, 0.3) is 6.08 Å². The molecule has 0 radical (unpaired) electrons. The fourth-order valence-corrected chi connectivity index (χ4v) is 7.30. The van der Waals surface area contributed by atoms with Gasteiger partial charge in [-0.1, -0.05) is 31.2 Å². The summed E-state index contributed by atoms with van der Waals surface area (Å²) in [5, 5.41) is 18.9. The molecule has 1 heterocycles. The van der Waals surface area contributed by atoms with Gasteiger partial charge >= 0.3 is 0 Å². The Morgan fingerprint density at radius 3 is 2.57 bits per heavy atom. The van der Waals surface area contributed by atoms with E-state index in [2.05, 4.69) is 28.9 Å². The Hall–Kier alpha value is -5.05. The highest BCUT2D eigenvalue weighted by Gasteiger charge is 2.25. The van der Waals surface area contributed by atoms with Crippen LogP contribution < -0.4 is 25.4 Å². The molecule has 47 heavy (non-hydrogen) atoms. The van der Waals surface area contributed by atoms with Gasteiger partial charge in [-0.15, -0.1) is 23.1 Å². The highest BCUT2D eigenvalue weighted by molar-refractivity contribution is 8.00. The van der Waals surface area contributed by atoms with E-state index in [9.17, 15) is 19.6 Å². The van der Waals surface area contributed by atoms with Gasteiger partial charge in [0.2, 0.25) is 5.91 Å². The molecule has 1 aliphatic carbocycles. The van der Waals surface area contributed by atoms with E-state index in [1.54, 1.807) is 73.8 Å². The highest BCUT2D eigenvalue weighted by atomic mass is 32.2. The SMILES string of the molecule is COc1ccc(/C=C(/NC(=O)c2ccccc2)C(=O)Nc2cccc(SCC(=O)Nc3sc4c(c3C#N)CCC(C)C4)c2)c(OC)c1. The van der Waals surface area contributed by atoms with Crippen LogP contribution in [0.5, 0.6) is 11.5 Å². The second kappa shape index (κ2) is 15.5. The molecule has 5 rings (SSSR count). The monoisotopic (exact) mass is 666 g/mol. The van der Waals surface area contributed by atoms with Gasteiger partial charge in [0.1, 0.15) is 28.3 Å². The van der Waals surface area contributed by atoms with E-state index in [1.807, 2.05) is 6.07 Å². The summed E-state index contributed by atoms with van der Waals surface area (Å²) in [5.74, 6) is 0.515. The summed E-state index contributed by atoms with van der Waals surface area (Å²) in [4.78, 5) is 41.5. The zero-order chi connectivity index (χ0) is 33.3. The third-order valence-corrected chi connectivity index (χ3v) is 9.77. The van der Waals surface area contributed by atoms with Crippen molar-refractivity contribution in [2.45, 2.75) is 31.1 Å². The van der Waals surface area contributed by atoms with Crippen molar-refractivity contribution >= 4 is 57.6 Å². The van der Waals surface area contributed by atoms with Gasteiger partial charge in [-0.25, -0.2) is 0 Å². The Morgan fingerprint density at radius 2 is 1.83 bits per heavy atom. The summed E-state index contributed by atoms with van der Waals surface area (Å²) in [7, 11) is 3.05. The first-order valence-electron chi connectivity index (χ1n) is 15.0. The first-order valence-corrected chi connectivity index (χ1v) is 16.8. The summed E-state index contributed by atoms with van der Waals surface area (Å²) in [5.41, 5.74) is 3.08. The van der Waals surface area contributed by atoms with Crippen LogP contribution in [0.1, 0.15) is 45.3 Å². The molecule has 240 valence electrons. The fourth-order valence-electron chi connectivity index (χ4n) is 5.17. The summed E-state index contributed by atoms with van der Waals surface area (Å²) in [6.45, 7) is 2.20. The molecule has 0 saturated carbocycles. The smallest absolute Gasteiger partial charge is 0.272 e. The number of methoxy groups -OCH3 is 2. The minimum absolute atomic E-state index is 0.00101.